The van der Waals surface area contributed by atoms with Gasteiger partial charge in [-0.2, -0.15) is 0 Å². The molecule has 0 aliphatic carbocycles. The number of carbonyl (C=O) groups is 3. The van der Waals surface area contributed by atoms with Crippen molar-refractivity contribution in [3.05, 3.63) is 29.6 Å². The van der Waals surface area contributed by atoms with Crippen molar-refractivity contribution < 1.29 is 28.6 Å². The molecule has 0 saturated heterocycles. The molecular weight excluding hydrogens is 271 g/mol. The average Bonchev–Trinajstić information content (AvgIpc) is 2.39. The van der Waals surface area contributed by atoms with Crippen LogP contribution in [0.1, 0.15) is 17.3 Å². The topological polar surface area (TPSA) is 105 Å². The zero-order valence-corrected chi connectivity index (χ0v) is 10.6. The number of ether oxygens (including phenoxy) is 1. The number of carboxylic acid groups (broad SMARTS) is 1. The van der Waals surface area contributed by atoms with E-state index in [-0.39, 0.29) is 18.8 Å². The number of aromatic carboxylic acids is 1. The van der Waals surface area contributed by atoms with E-state index in [0.717, 1.165) is 12.1 Å². The summed E-state index contributed by atoms with van der Waals surface area (Å²) in [4.78, 5) is 33.1. The number of amides is 2. The predicted octanol–water partition coefficient (Wildman–Crippen LogP) is 1.21. The number of urea groups is 1. The van der Waals surface area contributed by atoms with Crippen LogP contribution in [0.5, 0.6) is 0 Å². The molecule has 0 spiro atoms. The Morgan fingerprint density at radius 2 is 2.05 bits per heavy atom. The van der Waals surface area contributed by atoms with E-state index in [2.05, 4.69) is 15.4 Å². The van der Waals surface area contributed by atoms with Gasteiger partial charge in [0.1, 0.15) is 12.4 Å². The second-order valence-corrected chi connectivity index (χ2v) is 3.61. The number of nitrogens with one attached hydrogen (secondary N) is 2. The molecule has 108 valence electrons. The lowest BCUT2D eigenvalue weighted by molar-refractivity contribution is -0.141. The second kappa shape index (κ2) is 7.07. The monoisotopic (exact) mass is 284 g/mol. The van der Waals surface area contributed by atoms with Gasteiger partial charge in [-0.1, -0.05) is 0 Å². The van der Waals surface area contributed by atoms with E-state index in [9.17, 15) is 18.8 Å². The zero-order chi connectivity index (χ0) is 15.1. The first-order chi connectivity index (χ1) is 9.43. The van der Waals surface area contributed by atoms with E-state index >= 15 is 0 Å². The number of anilines is 1. The number of halogens is 1. The summed E-state index contributed by atoms with van der Waals surface area (Å²) in [5.41, 5.74) is -0.474. The summed E-state index contributed by atoms with van der Waals surface area (Å²) in [6.07, 6.45) is 0. The minimum atomic E-state index is -1.45. The third kappa shape index (κ3) is 4.56. The summed E-state index contributed by atoms with van der Waals surface area (Å²) in [7, 11) is 0. The first-order valence-electron chi connectivity index (χ1n) is 5.67. The minimum absolute atomic E-state index is 0.0881. The van der Waals surface area contributed by atoms with Crippen LogP contribution in [0.15, 0.2) is 18.2 Å². The molecule has 0 fully saturated rings. The van der Waals surface area contributed by atoms with Gasteiger partial charge in [-0.3, -0.25) is 4.79 Å². The third-order valence-electron chi connectivity index (χ3n) is 2.15. The van der Waals surface area contributed by atoms with Crippen molar-refractivity contribution in [2.45, 2.75) is 6.92 Å². The molecular formula is C12H13FN2O5. The van der Waals surface area contributed by atoms with E-state index in [4.69, 9.17) is 5.11 Å². The van der Waals surface area contributed by atoms with Gasteiger partial charge in [0.2, 0.25) is 0 Å². The Hall–Kier alpha value is -2.64. The fraction of sp³-hybridized carbons (Fsp3) is 0.250. The normalized spacial score (nSPS) is 9.70. The van der Waals surface area contributed by atoms with Gasteiger partial charge in [-0.15, -0.1) is 0 Å². The fourth-order valence-electron chi connectivity index (χ4n) is 1.31. The van der Waals surface area contributed by atoms with Crippen molar-refractivity contribution in [1.82, 2.24) is 5.32 Å². The van der Waals surface area contributed by atoms with E-state index in [1.54, 1.807) is 6.92 Å². The highest BCUT2D eigenvalue weighted by Gasteiger charge is 2.12. The van der Waals surface area contributed by atoms with E-state index in [1.165, 1.54) is 6.07 Å². The summed E-state index contributed by atoms with van der Waals surface area (Å²) in [6.45, 7) is 1.50. The number of hydrogen-bond acceptors (Lipinski definition) is 4. The maximum Gasteiger partial charge on any atom is 0.338 e. The van der Waals surface area contributed by atoms with Gasteiger partial charge >= 0.3 is 18.0 Å². The van der Waals surface area contributed by atoms with Crippen molar-refractivity contribution in [3.63, 3.8) is 0 Å². The summed E-state index contributed by atoms with van der Waals surface area (Å²) < 4.78 is 17.7. The van der Waals surface area contributed by atoms with Gasteiger partial charge in [0.05, 0.1) is 12.2 Å². The molecule has 0 saturated carbocycles. The first kappa shape index (κ1) is 15.4. The van der Waals surface area contributed by atoms with E-state index in [1.807, 2.05) is 0 Å². The molecule has 1 aromatic rings. The average molecular weight is 284 g/mol. The Balaban J connectivity index is 2.60. The number of carboxylic acids is 1. The molecule has 7 nitrogen and oxygen atoms in total. The van der Waals surface area contributed by atoms with Crippen molar-refractivity contribution in [2.24, 2.45) is 0 Å². The fourth-order valence-corrected chi connectivity index (χ4v) is 1.31. The minimum Gasteiger partial charge on any atom is -0.478 e. The molecule has 0 heterocycles. The van der Waals surface area contributed by atoms with Crippen LogP contribution in [0.25, 0.3) is 0 Å². The molecule has 0 aliphatic heterocycles. The largest absolute Gasteiger partial charge is 0.478 e. The zero-order valence-electron chi connectivity index (χ0n) is 10.6. The number of carbonyl (C=O) groups excluding carboxylic acids is 2. The molecule has 0 radical (unpaired) electrons. The Labute approximate surface area is 113 Å². The molecule has 3 N–H and O–H groups in total. The van der Waals surface area contributed by atoms with Gasteiger partial charge in [-0.05, 0) is 25.1 Å². The number of hydrogen-bond donors (Lipinski definition) is 3. The van der Waals surface area contributed by atoms with Crippen LogP contribution in [0.2, 0.25) is 0 Å². The highest BCUT2D eigenvalue weighted by molar-refractivity contribution is 5.94. The van der Waals surface area contributed by atoms with Crippen LogP contribution in [0.3, 0.4) is 0 Å². The van der Waals surface area contributed by atoms with Gasteiger partial charge in [0.25, 0.3) is 0 Å². The van der Waals surface area contributed by atoms with Crippen LogP contribution in [-0.2, 0) is 9.53 Å². The van der Waals surface area contributed by atoms with Gasteiger partial charge in [-0.25, -0.2) is 14.0 Å². The highest BCUT2D eigenvalue weighted by Crippen LogP contribution is 2.14. The molecule has 0 atom stereocenters. The maximum absolute atomic E-state index is 13.1. The number of benzene rings is 1. The van der Waals surface area contributed by atoms with Gasteiger partial charge < -0.3 is 20.5 Å². The van der Waals surface area contributed by atoms with Crippen LogP contribution in [-0.4, -0.2) is 36.2 Å². The number of esters is 1. The molecule has 1 rings (SSSR count). The molecule has 0 aliphatic rings. The Morgan fingerprint density at radius 3 is 2.65 bits per heavy atom. The lowest BCUT2D eigenvalue weighted by atomic mass is 10.2. The molecule has 0 unspecified atom stereocenters. The molecule has 0 bridgehead atoms. The smallest absolute Gasteiger partial charge is 0.338 e. The van der Waals surface area contributed by atoms with Crippen LogP contribution in [0, 0.1) is 5.82 Å². The lowest BCUT2D eigenvalue weighted by Crippen LogP contribution is -2.34. The summed E-state index contributed by atoms with van der Waals surface area (Å²) in [6, 6.07) is 2.36. The molecule has 1 aromatic carbocycles. The van der Waals surface area contributed by atoms with Crippen LogP contribution >= 0.6 is 0 Å². The SMILES string of the molecule is CCOC(=O)CNC(=O)Nc1ccc(F)c(C(=O)O)c1. The molecule has 0 aromatic heterocycles. The Kier molecular flexibility index (Phi) is 5.45. The number of rotatable bonds is 5. The van der Waals surface area contributed by atoms with E-state index in [0.29, 0.717) is 0 Å². The predicted molar refractivity (Wildman–Crippen MR) is 67.0 cm³/mol. The Morgan fingerprint density at radius 1 is 1.35 bits per heavy atom. The maximum atomic E-state index is 13.1. The molecule has 20 heavy (non-hydrogen) atoms. The molecule has 8 heteroatoms. The lowest BCUT2D eigenvalue weighted by Gasteiger charge is -2.08. The van der Waals surface area contributed by atoms with Gasteiger partial charge in [0.15, 0.2) is 0 Å². The van der Waals surface area contributed by atoms with Crippen LogP contribution < -0.4 is 10.6 Å². The third-order valence-corrected chi connectivity index (χ3v) is 2.15. The standard InChI is InChI=1S/C12H13FN2O5/c1-2-20-10(16)6-14-12(19)15-7-3-4-9(13)8(5-7)11(17)18/h3-5H,2,6H2,1H3,(H,17,18)(H2,14,15,19). The van der Waals surface area contributed by atoms with Crippen LogP contribution in [0.4, 0.5) is 14.9 Å². The first-order valence-corrected chi connectivity index (χ1v) is 5.67. The molecule has 2 amide bonds. The second-order valence-electron chi connectivity index (χ2n) is 3.61. The van der Waals surface area contributed by atoms with Crippen molar-refractivity contribution >= 4 is 23.7 Å². The highest BCUT2D eigenvalue weighted by atomic mass is 19.1. The Bertz CT molecular complexity index is 533. The van der Waals surface area contributed by atoms with Gasteiger partial charge in [0, 0.05) is 5.69 Å². The summed E-state index contributed by atoms with van der Waals surface area (Å²) >= 11 is 0. The van der Waals surface area contributed by atoms with Crippen molar-refractivity contribution in [1.29, 1.82) is 0 Å². The van der Waals surface area contributed by atoms with Crippen molar-refractivity contribution in [2.75, 3.05) is 18.5 Å². The summed E-state index contributed by atoms with van der Waals surface area (Å²) in [5, 5.41) is 13.2. The quantitative estimate of drug-likeness (QED) is 0.705. The summed E-state index contributed by atoms with van der Waals surface area (Å²) in [5.74, 6) is -2.96. The van der Waals surface area contributed by atoms with Crippen molar-refractivity contribution in [3.8, 4) is 0 Å². The van der Waals surface area contributed by atoms with E-state index < -0.39 is 29.4 Å².